The van der Waals surface area contributed by atoms with Crippen molar-refractivity contribution in [2.75, 3.05) is 6.61 Å². The molecule has 1 aromatic carbocycles. The summed E-state index contributed by atoms with van der Waals surface area (Å²) < 4.78 is 1.17. The van der Waals surface area contributed by atoms with Crippen LogP contribution in [0.5, 0.6) is 0 Å². The third kappa shape index (κ3) is 2.18. The monoisotopic (exact) mass is 277 g/mol. The zero-order valence-corrected chi connectivity index (χ0v) is 9.08. The maximum atomic E-state index is 8.99. The number of halogens is 1. The first kappa shape index (κ1) is 9.95. The van der Waals surface area contributed by atoms with Crippen LogP contribution in [0, 0.1) is 3.57 Å². The van der Waals surface area contributed by atoms with E-state index in [0.29, 0.717) is 0 Å². The molecule has 0 saturated carbocycles. The molecular weight excluding hydrogens is 265 g/mol. The van der Waals surface area contributed by atoms with E-state index in [2.05, 4.69) is 22.6 Å². The number of rotatable bonds is 2. The molecule has 3 heteroatoms. The van der Waals surface area contributed by atoms with Crippen LogP contribution < -0.4 is 5.73 Å². The fourth-order valence-corrected chi connectivity index (χ4v) is 1.28. The number of aliphatic hydroxyl groups excluding tert-OH is 1. The summed E-state index contributed by atoms with van der Waals surface area (Å²) >= 11 is 2.23. The minimum Gasteiger partial charge on any atom is -0.394 e. The lowest BCUT2D eigenvalue weighted by atomic mass is 9.95. The Morgan fingerprint density at radius 2 is 1.92 bits per heavy atom. The zero-order valence-electron chi connectivity index (χ0n) is 6.92. The van der Waals surface area contributed by atoms with Crippen LogP contribution in [0.2, 0.25) is 0 Å². The van der Waals surface area contributed by atoms with Gasteiger partial charge >= 0.3 is 0 Å². The van der Waals surface area contributed by atoms with Crippen molar-refractivity contribution in [3.63, 3.8) is 0 Å². The molecule has 0 radical (unpaired) electrons. The summed E-state index contributed by atoms with van der Waals surface area (Å²) in [5.74, 6) is 0. The summed E-state index contributed by atoms with van der Waals surface area (Å²) in [6.07, 6.45) is 0. The largest absolute Gasteiger partial charge is 0.394 e. The van der Waals surface area contributed by atoms with Gasteiger partial charge in [-0.1, -0.05) is 12.1 Å². The average molecular weight is 277 g/mol. The molecule has 1 rings (SSSR count). The van der Waals surface area contributed by atoms with E-state index in [1.807, 2.05) is 31.2 Å². The molecule has 0 aliphatic rings. The molecule has 3 N–H and O–H groups in total. The Bertz CT molecular complexity index is 256. The molecule has 0 aliphatic heterocycles. The molecule has 0 heterocycles. The van der Waals surface area contributed by atoms with E-state index in [9.17, 15) is 0 Å². The first-order chi connectivity index (χ1) is 5.56. The summed E-state index contributed by atoms with van der Waals surface area (Å²) in [7, 11) is 0. The minimum atomic E-state index is -0.621. The molecule has 1 aromatic rings. The van der Waals surface area contributed by atoms with Crippen molar-refractivity contribution in [3.8, 4) is 0 Å². The third-order valence-corrected chi connectivity index (χ3v) is 2.55. The van der Waals surface area contributed by atoms with Gasteiger partial charge in [0, 0.05) is 3.57 Å². The van der Waals surface area contributed by atoms with E-state index < -0.39 is 5.54 Å². The van der Waals surface area contributed by atoms with Gasteiger partial charge < -0.3 is 10.8 Å². The second kappa shape index (κ2) is 3.72. The Labute approximate surface area is 85.9 Å². The maximum Gasteiger partial charge on any atom is 0.0650 e. The predicted molar refractivity (Wildman–Crippen MR) is 57.8 cm³/mol. The number of hydrogen-bond acceptors (Lipinski definition) is 2. The highest BCUT2D eigenvalue weighted by molar-refractivity contribution is 14.1. The van der Waals surface area contributed by atoms with Crippen LogP contribution in [-0.2, 0) is 5.54 Å². The molecule has 0 bridgehead atoms. The van der Waals surface area contributed by atoms with Crippen molar-refractivity contribution in [1.29, 1.82) is 0 Å². The van der Waals surface area contributed by atoms with E-state index >= 15 is 0 Å². The summed E-state index contributed by atoms with van der Waals surface area (Å²) in [6.45, 7) is 1.78. The zero-order chi connectivity index (χ0) is 9.19. The second-order valence-electron chi connectivity index (χ2n) is 3.08. The van der Waals surface area contributed by atoms with Gasteiger partial charge in [-0.05, 0) is 47.2 Å². The highest BCUT2D eigenvalue weighted by Crippen LogP contribution is 2.17. The average Bonchev–Trinajstić information content (AvgIpc) is 2.05. The molecule has 1 unspecified atom stereocenters. The van der Waals surface area contributed by atoms with Gasteiger partial charge in [-0.3, -0.25) is 0 Å². The van der Waals surface area contributed by atoms with Crippen molar-refractivity contribution in [2.24, 2.45) is 5.73 Å². The van der Waals surface area contributed by atoms with Crippen molar-refractivity contribution in [2.45, 2.75) is 12.5 Å². The van der Waals surface area contributed by atoms with Gasteiger partial charge in [-0.25, -0.2) is 0 Å². The third-order valence-electron chi connectivity index (χ3n) is 1.83. The smallest absolute Gasteiger partial charge is 0.0650 e. The summed E-state index contributed by atoms with van der Waals surface area (Å²) in [5, 5.41) is 8.99. The van der Waals surface area contributed by atoms with E-state index in [4.69, 9.17) is 10.8 Å². The van der Waals surface area contributed by atoms with Crippen LogP contribution in [0.25, 0.3) is 0 Å². The Hall–Kier alpha value is -0.130. The van der Waals surface area contributed by atoms with Gasteiger partial charge in [0.1, 0.15) is 0 Å². The van der Waals surface area contributed by atoms with Crippen LogP contribution in [0.3, 0.4) is 0 Å². The topological polar surface area (TPSA) is 46.2 Å². The predicted octanol–water partition coefficient (Wildman–Crippen LogP) is 1.46. The molecule has 2 nitrogen and oxygen atoms in total. The Morgan fingerprint density at radius 1 is 1.42 bits per heavy atom. The van der Waals surface area contributed by atoms with Crippen LogP contribution in [-0.4, -0.2) is 11.7 Å². The van der Waals surface area contributed by atoms with Crippen molar-refractivity contribution in [3.05, 3.63) is 33.4 Å². The molecule has 0 fully saturated rings. The molecule has 0 aliphatic carbocycles. The van der Waals surface area contributed by atoms with Gasteiger partial charge in [-0.2, -0.15) is 0 Å². The molecule has 66 valence electrons. The van der Waals surface area contributed by atoms with E-state index in [0.717, 1.165) is 5.56 Å². The molecule has 0 amide bonds. The van der Waals surface area contributed by atoms with Crippen molar-refractivity contribution < 1.29 is 5.11 Å². The second-order valence-corrected chi connectivity index (χ2v) is 4.33. The molecular formula is C9H12INO. The van der Waals surface area contributed by atoms with Crippen LogP contribution in [0.1, 0.15) is 12.5 Å². The van der Waals surface area contributed by atoms with Gasteiger partial charge in [-0.15, -0.1) is 0 Å². The Kier molecular flexibility index (Phi) is 3.09. The number of nitrogens with two attached hydrogens (primary N) is 1. The molecule has 0 spiro atoms. The van der Waals surface area contributed by atoms with Crippen LogP contribution in [0.4, 0.5) is 0 Å². The van der Waals surface area contributed by atoms with Crippen molar-refractivity contribution in [1.82, 2.24) is 0 Å². The lowest BCUT2D eigenvalue weighted by Gasteiger charge is -2.21. The molecule has 0 saturated heterocycles. The maximum absolute atomic E-state index is 8.99. The number of aliphatic hydroxyl groups is 1. The highest BCUT2D eigenvalue weighted by atomic mass is 127. The molecule has 0 aromatic heterocycles. The first-order valence-corrected chi connectivity index (χ1v) is 4.80. The van der Waals surface area contributed by atoms with Gasteiger partial charge in [0.15, 0.2) is 0 Å². The highest BCUT2D eigenvalue weighted by Gasteiger charge is 2.18. The van der Waals surface area contributed by atoms with E-state index in [1.54, 1.807) is 0 Å². The van der Waals surface area contributed by atoms with Gasteiger partial charge in [0.05, 0.1) is 12.1 Å². The Balaban J connectivity index is 2.96. The van der Waals surface area contributed by atoms with Crippen LogP contribution in [0.15, 0.2) is 24.3 Å². The summed E-state index contributed by atoms with van der Waals surface area (Å²) in [6, 6.07) is 7.85. The standard InChI is InChI=1S/C9H12INO/c1-9(11,6-12)7-2-4-8(10)5-3-7/h2-5,12H,6,11H2,1H3. The van der Waals surface area contributed by atoms with Gasteiger partial charge in [0.25, 0.3) is 0 Å². The Morgan fingerprint density at radius 3 is 2.33 bits per heavy atom. The number of hydrogen-bond donors (Lipinski definition) is 2. The lowest BCUT2D eigenvalue weighted by Crippen LogP contribution is -2.36. The quantitative estimate of drug-likeness (QED) is 0.804. The molecule has 12 heavy (non-hydrogen) atoms. The minimum absolute atomic E-state index is 0.0341. The lowest BCUT2D eigenvalue weighted by molar-refractivity contribution is 0.210. The van der Waals surface area contributed by atoms with Crippen molar-refractivity contribution >= 4 is 22.6 Å². The normalized spacial score (nSPS) is 15.7. The van der Waals surface area contributed by atoms with Gasteiger partial charge in [0.2, 0.25) is 0 Å². The SMILES string of the molecule is CC(N)(CO)c1ccc(I)cc1. The summed E-state index contributed by atoms with van der Waals surface area (Å²) in [5.41, 5.74) is 6.18. The fourth-order valence-electron chi connectivity index (χ4n) is 0.922. The van der Waals surface area contributed by atoms with E-state index in [-0.39, 0.29) is 6.61 Å². The first-order valence-electron chi connectivity index (χ1n) is 3.72. The fraction of sp³-hybridized carbons (Fsp3) is 0.333. The van der Waals surface area contributed by atoms with E-state index in [1.165, 1.54) is 3.57 Å². The number of benzene rings is 1. The summed E-state index contributed by atoms with van der Waals surface area (Å²) in [4.78, 5) is 0. The van der Waals surface area contributed by atoms with Crippen LogP contribution >= 0.6 is 22.6 Å². The molecule has 1 atom stereocenters.